The molecule has 0 saturated heterocycles. The second-order valence-corrected chi connectivity index (χ2v) is 6.24. The van der Waals surface area contributed by atoms with Crippen molar-refractivity contribution in [1.29, 1.82) is 0 Å². The van der Waals surface area contributed by atoms with Crippen LogP contribution in [0.15, 0.2) is 66.9 Å². The normalized spacial score (nSPS) is 16.1. The number of hydrogen-bond donors (Lipinski definition) is 1. The summed E-state index contributed by atoms with van der Waals surface area (Å²) in [6.45, 7) is 0. The number of ether oxygens (including phenoxy) is 1. The Morgan fingerprint density at radius 1 is 1.00 bits per heavy atom. The van der Waals surface area contributed by atoms with Crippen molar-refractivity contribution in [2.24, 2.45) is 0 Å². The van der Waals surface area contributed by atoms with Crippen LogP contribution in [0.2, 0.25) is 0 Å². The molecule has 1 atom stereocenters. The molecule has 1 aliphatic rings. The van der Waals surface area contributed by atoms with Crippen LogP contribution in [0.1, 0.15) is 17.2 Å². The fourth-order valence-electron chi connectivity index (χ4n) is 3.33. The number of halogens is 3. The van der Waals surface area contributed by atoms with Crippen molar-refractivity contribution in [3.05, 3.63) is 78.1 Å². The van der Waals surface area contributed by atoms with E-state index in [2.05, 4.69) is 10.1 Å². The Morgan fingerprint density at radius 3 is 2.48 bits per heavy atom. The molecule has 4 rings (SSSR count). The molecule has 138 valence electrons. The maximum absolute atomic E-state index is 12.3. The van der Waals surface area contributed by atoms with E-state index in [4.69, 9.17) is 0 Å². The molecule has 0 saturated carbocycles. The van der Waals surface area contributed by atoms with E-state index in [0.29, 0.717) is 12.1 Å². The van der Waals surface area contributed by atoms with Gasteiger partial charge in [0.2, 0.25) is 5.91 Å². The molecule has 0 unspecified atom stereocenters. The second-order valence-electron chi connectivity index (χ2n) is 6.24. The van der Waals surface area contributed by atoms with Crippen LogP contribution in [0.4, 0.5) is 18.9 Å². The number of benzene rings is 2. The molecule has 0 spiro atoms. The van der Waals surface area contributed by atoms with Crippen molar-refractivity contribution in [3.8, 4) is 11.4 Å². The van der Waals surface area contributed by atoms with Gasteiger partial charge in [-0.1, -0.05) is 18.2 Å². The molecule has 0 aliphatic carbocycles. The Hall–Kier alpha value is -3.22. The molecular formula is C20H15F3N2O2. The summed E-state index contributed by atoms with van der Waals surface area (Å²) in [6.07, 6.45) is -2.42. The van der Waals surface area contributed by atoms with Crippen LogP contribution in [-0.4, -0.2) is 16.8 Å². The van der Waals surface area contributed by atoms with Crippen molar-refractivity contribution >= 4 is 11.6 Å². The van der Waals surface area contributed by atoms with Gasteiger partial charge in [0.25, 0.3) is 0 Å². The molecule has 27 heavy (non-hydrogen) atoms. The highest BCUT2D eigenvalue weighted by molar-refractivity contribution is 6.03. The lowest BCUT2D eigenvalue weighted by atomic mass is 9.95. The van der Waals surface area contributed by atoms with Crippen molar-refractivity contribution in [3.63, 3.8) is 0 Å². The minimum atomic E-state index is -4.72. The van der Waals surface area contributed by atoms with Gasteiger partial charge in [-0.25, -0.2) is 0 Å². The first-order valence-electron chi connectivity index (χ1n) is 8.33. The Balaban J connectivity index is 1.58. The smallest absolute Gasteiger partial charge is 0.406 e. The molecule has 0 fully saturated rings. The van der Waals surface area contributed by atoms with Crippen LogP contribution in [0.25, 0.3) is 5.69 Å². The number of fused-ring (bicyclic) bond motifs is 1. The van der Waals surface area contributed by atoms with E-state index in [9.17, 15) is 18.0 Å². The first-order chi connectivity index (χ1) is 12.9. The van der Waals surface area contributed by atoms with Crippen molar-refractivity contribution in [2.75, 3.05) is 5.32 Å². The van der Waals surface area contributed by atoms with Gasteiger partial charge in [-0.2, -0.15) is 0 Å². The number of carbonyl (C=O) groups excluding carboxylic acids is 1. The van der Waals surface area contributed by atoms with Crippen LogP contribution < -0.4 is 10.1 Å². The third-order valence-electron chi connectivity index (χ3n) is 4.51. The molecule has 1 aliphatic heterocycles. The maximum atomic E-state index is 12.3. The van der Waals surface area contributed by atoms with Gasteiger partial charge in [-0.3, -0.25) is 4.79 Å². The number of nitrogens with one attached hydrogen (secondary N) is 1. The monoisotopic (exact) mass is 372 g/mol. The van der Waals surface area contributed by atoms with Gasteiger partial charge in [0.1, 0.15) is 5.75 Å². The summed E-state index contributed by atoms with van der Waals surface area (Å²) in [6, 6.07) is 16.9. The zero-order valence-corrected chi connectivity index (χ0v) is 14.0. The topological polar surface area (TPSA) is 43.3 Å². The Labute approximate surface area is 153 Å². The summed E-state index contributed by atoms with van der Waals surface area (Å²) < 4.78 is 42.7. The zero-order valence-electron chi connectivity index (χ0n) is 14.0. The quantitative estimate of drug-likeness (QED) is 0.724. The van der Waals surface area contributed by atoms with Crippen molar-refractivity contribution < 1.29 is 22.7 Å². The summed E-state index contributed by atoms with van der Waals surface area (Å²) in [5.74, 6) is -0.635. The highest BCUT2D eigenvalue weighted by atomic mass is 19.4. The van der Waals surface area contributed by atoms with Gasteiger partial charge in [-0.05, 0) is 48.0 Å². The molecule has 3 aromatic rings. The number of hydrogen-bond acceptors (Lipinski definition) is 2. The number of aromatic nitrogens is 1. The Morgan fingerprint density at radius 2 is 1.74 bits per heavy atom. The third kappa shape index (κ3) is 3.53. The predicted molar refractivity (Wildman–Crippen MR) is 94.0 cm³/mol. The van der Waals surface area contributed by atoms with Crippen LogP contribution >= 0.6 is 0 Å². The van der Waals surface area contributed by atoms with E-state index in [0.717, 1.165) is 16.9 Å². The van der Waals surface area contributed by atoms with Crippen LogP contribution in [0.5, 0.6) is 5.75 Å². The first kappa shape index (κ1) is 17.2. The van der Waals surface area contributed by atoms with Gasteiger partial charge in [0, 0.05) is 29.7 Å². The van der Waals surface area contributed by atoms with Crippen LogP contribution in [0.3, 0.4) is 0 Å². The zero-order chi connectivity index (χ0) is 19.0. The molecule has 2 aromatic carbocycles. The SMILES string of the molecule is O=C1Nc2ccccc2[C@@H]1Cc1cccn1-c1ccc(OC(F)(F)F)cc1. The number of amides is 1. The molecule has 7 heteroatoms. The van der Waals surface area contributed by atoms with E-state index in [-0.39, 0.29) is 17.6 Å². The number of carbonyl (C=O) groups is 1. The number of nitrogens with zero attached hydrogens (tertiary/aromatic N) is 1. The average Bonchev–Trinajstić information content (AvgIpc) is 3.20. The molecule has 0 radical (unpaired) electrons. The van der Waals surface area contributed by atoms with E-state index >= 15 is 0 Å². The summed E-state index contributed by atoms with van der Waals surface area (Å²) in [4.78, 5) is 12.3. The van der Waals surface area contributed by atoms with Crippen molar-refractivity contribution in [2.45, 2.75) is 18.7 Å². The van der Waals surface area contributed by atoms with Gasteiger partial charge >= 0.3 is 6.36 Å². The fourth-order valence-corrected chi connectivity index (χ4v) is 3.33. The maximum Gasteiger partial charge on any atom is 0.573 e. The predicted octanol–water partition coefficient (Wildman–Crippen LogP) is 4.65. The molecule has 1 N–H and O–H groups in total. The lowest BCUT2D eigenvalue weighted by molar-refractivity contribution is -0.274. The summed E-state index contributed by atoms with van der Waals surface area (Å²) in [5.41, 5.74) is 3.34. The van der Waals surface area contributed by atoms with Gasteiger partial charge in [-0.15, -0.1) is 13.2 Å². The molecule has 0 bridgehead atoms. The van der Waals surface area contributed by atoms with E-state index in [1.807, 2.05) is 47.2 Å². The van der Waals surface area contributed by atoms with Gasteiger partial charge in [0.05, 0.1) is 5.92 Å². The largest absolute Gasteiger partial charge is 0.573 e. The second kappa shape index (κ2) is 6.50. The van der Waals surface area contributed by atoms with E-state index < -0.39 is 6.36 Å². The van der Waals surface area contributed by atoms with Crippen LogP contribution in [-0.2, 0) is 11.2 Å². The molecule has 2 heterocycles. The number of anilines is 1. The van der Waals surface area contributed by atoms with Crippen LogP contribution in [0, 0.1) is 0 Å². The van der Waals surface area contributed by atoms with E-state index in [1.54, 1.807) is 12.1 Å². The summed E-state index contributed by atoms with van der Waals surface area (Å²) in [7, 11) is 0. The Bertz CT molecular complexity index is 977. The fraction of sp³-hybridized carbons (Fsp3) is 0.150. The minimum Gasteiger partial charge on any atom is -0.406 e. The van der Waals surface area contributed by atoms with E-state index in [1.165, 1.54) is 12.1 Å². The average molecular weight is 372 g/mol. The molecule has 1 aromatic heterocycles. The molecular weight excluding hydrogens is 357 g/mol. The lowest BCUT2D eigenvalue weighted by Crippen LogP contribution is -2.17. The molecule has 1 amide bonds. The lowest BCUT2D eigenvalue weighted by Gasteiger charge is -2.14. The minimum absolute atomic E-state index is 0.0575. The molecule has 4 nitrogen and oxygen atoms in total. The highest BCUT2D eigenvalue weighted by Gasteiger charge is 2.32. The number of rotatable bonds is 4. The third-order valence-corrected chi connectivity index (χ3v) is 4.51. The van der Waals surface area contributed by atoms with Crippen molar-refractivity contribution in [1.82, 2.24) is 4.57 Å². The van der Waals surface area contributed by atoms with Gasteiger partial charge < -0.3 is 14.6 Å². The first-order valence-corrected chi connectivity index (χ1v) is 8.33. The number of para-hydroxylation sites is 1. The standard InChI is InChI=1S/C20H15F3N2O2/c21-20(22,23)27-15-9-7-13(8-10-15)25-11-3-4-14(25)12-17-16-5-1-2-6-18(16)24-19(17)26/h1-11,17H,12H2,(H,24,26)/t17-/m0/s1. The summed E-state index contributed by atoms with van der Waals surface area (Å²) >= 11 is 0. The summed E-state index contributed by atoms with van der Waals surface area (Å²) in [5, 5.41) is 2.88. The highest BCUT2D eigenvalue weighted by Crippen LogP contribution is 2.35. The van der Waals surface area contributed by atoms with Gasteiger partial charge in [0.15, 0.2) is 0 Å². The number of alkyl halides is 3. The Kier molecular flexibility index (Phi) is 4.14.